The van der Waals surface area contributed by atoms with Crippen LogP contribution in [0.4, 0.5) is 0 Å². The third-order valence-electron chi connectivity index (χ3n) is 4.48. The van der Waals surface area contributed by atoms with Gasteiger partial charge in [0.05, 0.1) is 0 Å². The Bertz CT molecular complexity index is 494. The molecule has 0 radical (unpaired) electrons. The molecule has 5 heteroatoms. The number of hydrogen-bond donors (Lipinski definition) is 1. The van der Waals surface area contributed by atoms with Crippen LogP contribution in [0.1, 0.15) is 52.0 Å². The molecule has 1 saturated heterocycles. The van der Waals surface area contributed by atoms with Gasteiger partial charge in [0.2, 0.25) is 11.8 Å². The van der Waals surface area contributed by atoms with E-state index in [1.54, 1.807) is 11.3 Å². The zero-order valence-corrected chi connectivity index (χ0v) is 13.8. The number of rotatable bonds is 6. The van der Waals surface area contributed by atoms with E-state index in [4.69, 9.17) is 0 Å². The fourth-order valence-electron chi connectivity index (χ4n) is 3.11. The lowest BCUT2D eigenvalue weighted by Gasteiger charge is -2.47. The number of thiophene rings is 1. The first-order valence-electron chi connectivity index (χ1n) is 7.72. The zero-order valence-electron chi connectivity index (χ0n) is 13.0. The van der Waals surface area contributed by atoms with Crippen molar-refractivity contribution in [2.45, 2.75) is 64.6 Å². The minimum Gasteiger partial charge on any atom is -0.342 e. The Morgan fingerprint density at radius 2 is 2.00 bits per heavy atom. The van der Waals surface area contributed by atoms with Crippen molar-refractivity contribution in [1.29, 1.82) is 0 Å². The van der Waals surface area contributed by atoms with E-state index in [1.165, 1.54) is 0 Å². The molecule has 0 aromatic carbocycles. The van der Waals surface area contributed by atoms with Crippen LogP contribution < -0.4 is 5.32 Å². The molecular weight excluding hydrogens is 284 g/mol. The predicted octanol–water partition coefficient (Wildman–Crippen LogP) is 2.93. The Morgan fingerprint density at radius 1 is 1.29 bits per heavy atom. The molecule has 1 aromatic rings. The van der Waals surface area contributed by atoms with Gasteiger partial charge in [0, 0.05) is 6.54 Å². The summed E-state index contributed by atoms with van der Waals surface area (Å²) < 4.78 is 0. The lowest BCUT2D eigenvalue weighted by Crippen LogP contribution is -2.69. The van der Waals surface area contributed by atoms with E-state index in [2.05, 4.69) is 5.32 Å². The van der Waals surface area contributed by atoms with Crippen LogP contribution in [0.2, 0.25) is 0 Å². The van der Waals surface area contributed by atoms with Gasteiger partial charge in [-0.3, -0.25) is 9.59 Å². The van der Waals surface area contributed by atoms with Gasteiger partial charge in [0.1, 0.15) is 11.6 Å². The molecule has 0 spiro atoms. The Balaban J connectivity index is 2.34. The summed E-state index contributed by atoms with van der Waals surface area (Å²) in [6.45, 7) is 6.52. The maximum atomic E-state index is 12.8. The Kier molecular flexibility index (Phi) is 5.04. The van der Waals surface area contributed by atoms with Crippen molar-refractivity contribution >= 4 is 23.2 Å². The molecular formula is C16H24N2O2S. The van der Waals surface area contributed by atoms with Crippen LogP contribution in [0.5, 0.6) is 0 Å². The third kappa shape index (κ3) is 2.84. The standard InChI is InChI=1S/C16H24N2O2S/c1-4-7-13-14(19)18(10-12-8-9-21-11-12)16(5-2,6-3)15(20)17-13/h8-9,11,13H,4-7,10H2,1-3H3,(H,17,20). The van der Waals surface area contributed by atoms with Gasteiger partial charge >= 0.3 is 0 Å². The van der Waals surface area contributed by atoms with E-state index in [0.29, 0.717) is 25.8 Å². The van der Waals surface area contributed by atoms with E-state index in [9.17, 15) is 9.59 Å². The van der Waals surface area contributed by atoms with Crippen LogP contribution in [0.3, 0.4) is 0 Å². The van der Waals surface area contributed by atoms with Crippen LogP contribution >= 0.6 is 11.3 Å². The van der Waals surface area contributed by atoms with E-state index < -0.39 is 5.54 Å². The molecule has 1 unspecified atom stereocenters. The van der Waals surface area contributed by atoms with Crippen molar-refractivity contribution in [3.05, 3.63) is 22.4 Å². The molecule has 116 valence electrons. The molecule has 1 aliphatic heterocycles. The Hall–Kier alpha value is -1.36. The molecule has 0 bridgehead atoms. The largest absolute Gasteiger partial charge is 0.342 e. The molecule has 1 fully saturated rings. The molecule has 1 atom stereocenters. The number of amides is 2. The number of carbonyl (C=O) groups excluding carboxylic acids is 2. The minimum absolute atomic E-state index is 0.000722. The average molecular weight is 308 g/mol. The van der Waals surface area contributed by atoms with Crippen molar-refractivity contribution in [2.75, 3.05) is 0 Å². The highest BCUT2D eigenvalue weighted by molar-refractivity contribution is 7.07. The maximum Gasteiger partial charge on any atom is 0.246 e. The second kappa shape index (κ2) is 6.60. The normalized spacial score (nSPS) is 21.5. The fourth-order valence-corrected chi connectivity index (χ4v) is 3.77. The molecule has 0 aliphatic carbocycles. The second-order valence-electron chi connectivity index (χ2n) is 5.61. The molecule has 2 amide bonds. The van der Waals surface area contributed by atoms with Gasteiger partial charge in [0.25, 0.3) is 0 Å². The molecule has 21 heavy (non-hydrogen) atoms. The summed E-state index contributed by atoms with van der Waals surface area (Å²) in [4.78, 5) is 27.3. The van der Waals surface area contributed by atoms with E-state index in [1.807, 2.05) is 42.5 Å². The summed E-state index contributed by atoms with van der Waals surface area (Å²) in [7, 11) is 0. The monoisotopic (exact) mass is 308 g/mol. The number of carbonyl (C=O) groups is 2. The highest BCUT2D eigenvalue weighted by Gasteiger charge is 2.49. The number of nitrogens with one attached hydrogen (secondary N) is 1. The Morgan fingerprint density at radius 3 is 2.52 bits per heavy atom. The van der Waals surface area contributed by atoms with Gasteiger partial charge in [-0.05, 0) is 41.7 Å². The Labute approximate surface area is 130 Å². The summed E-state index contributed by atoms with van der Waals surface area (Å²) in [5.41, 5.74) is 0.396. The van der Waals surface area contributed by atoms with Crippen molar-refractivity contribution in [3.63, 3.8) is 0 Å². The maximum absolute atomic E-state index is 12.8. The van der Waals surface area contributed by atoms with Crippen molar-refractivity contribution < 1.29 is 9.59 Å². The summed E-state index contributed by atoms with van der Waals surface area (Å²) in [5, 5.41) is 7.00. The van der Waals surface area contributed by atoms with Crippen molar-refractivity contribution in [2.24, 2.45) is 0 Å². The predicted molar refractivity (Wildman–Crippen MR) is 85.0 cm³/mol. The number of nitrogens with zero attached hydrogens (tertiary/aromatic N) is 1. The van der Waals surface area contributed by atoms with Crippen molar-refractivity contribution in [3.8, 4) is 0 Å². The quantitative estimate of drug-likeness (QED) is 0.878. The first-order valence-corrected chi connectivity index (χ1v) is 8.66. The van der Waals surface area contributed by atoms with Crippen LogP contribution in [0, 0.1) is 0 Å². The minimum atomic E-state index is -0.705. The van der Waals surface area contributed by atoms with Gasteiger partial charge in [-0.15, -0.1) is 0 Å². The zero-order chi connectivity index (χ0) is 15.5. The summed E-state index contributed by atoms with van der Waals surface area (Å²) in [5.74, 6) is 0.0622. The van der Waals surface area contributed by atoms with Gasteiger partial charge in [-0.1, -0.05) is 27.2 Å². The lowest BCUT2D eigenvalue weighted by molar-refractivity contribution is -0.159. The molecule has 1 N–H and O–H groups in total. The molecule has 0 saturated carbocycles. The molecule has 2 rings (SSSR count). The SMILES string of the molecule is CCCC1NC(=O)C(CC)(CC)N(Cc2ccsc2)C1=O. The average Bonchev–Trinajstić information content (AvgIpc) is 2.98. The number of hydrogen-bond acceptors (Lipinski definition) is 3. The highest BCUT2D eigenvalue weighted by atomic mass is 32.1. The second-order valence-corrected chi connectivity index (χ2v) is 6.39. The fraction of sp³-hybridized carbons (Fsp3) is 0.625. The molecule has 4 nitrogen and oxygen atoms in total. The number of piperazine rings is 1. The van der Waals surface area contributed by atoms with Gasteiger partial charge in [-0.25, -0.2) is 0 Å². The van der Waals surface area contributed by atoms with Crippen molar-refractivity contribution in [1.82, 2.24) is 10.2 Å². The van der Waals surface area contributed by atoms with Crippen LogP contribution in [0.25, 0.3) is 0 Å². The topological polar surface area (TPSA) is 49.4 Å². The van der Waals surface area contributed by atoms with E-state index >= 15 is 0 Å². The van der Waals surface area contributed by atoms with Gasteiger partial charge in [-0.2, -0.15) is 11.3 Å². The lowest BCUT2D eigenvalue weighted by atomic mass is 9.85. The first kappa shape index (κ1) is 16.0. The van der Waals surface area contributed by atoms with Gasteiger partial charge in [0.15, 0.2) is 0 Å². The smallest absolute Gasteiger partial charge is 0.246 e. The van der Waals surface area contributed by atoms with Crippen LogP contribution in [-0.2, 0) is 16.1 Å². The van der Waals surface area contributed by atoms with E-state index in [-0.39, 0.29) is 17.9 Å². The summed E-state index contributed by atoms with van der Waals surface area (Å²) in [6, 6.07) is 1.65. The van der Waals surface area contributed by atoms with E-state index in [0.717, 1.165) is 12.0 Å². The van der Waals surface area contributed by atoms with Gasteiger partial charge < -0.3 is 10.2 Å². The highest BCUT2D eigenvalue weighted by Crippen LogP contribution is 2.31. The third-order valence-corrected chi connectivity index (χ3v) is 5.21. The summed E-state index contributed by atoms with van der Waals surface area (Å²) >= 11 is 1.62. The molecule has 1 aliphatic rings. The molecule has 1 aromatic heterocycles. The van der Waals surface area contributed by atoms with Crippen LogP contribution in [0.15, 0.2) is 16.8 Å². The first-order chi connectivity index (χ1) is 10.1. The summed E-state index contributed by atoms with van der Waals surface area (Å²) in [6.07, 6.45) is 2.87. The van der Waals surface area contributed by atoms with Crippen LogP contribution in [-0.4, -0.2) is 28.3 Å². The molecule has 2 heterocycles.